The predicted molar refractivity (Wildman–Crippen MR) is 61.1 cm³/mol. The maximum Gasteiger partial charge on any atom is 0.329 e. The van der Waals surface area contributed by atoms with Crippen LogP contribution in [0, 0.1) is 0 Å². The Morgan fingerprint density at radius 3 is 2.47 bits per heavy atom. The molecule has 0 spiro atoms. The molecule has 6 nitrogen and oxygen atoms in total. The Kier molecular flexibility index (Phi) is 7.91. The summed E-state index contributed by atoms with van der Waals surface area (Å²) in [6.45, 7) is 3.60. The maximum atomic E-state index is 10.1. The van der Waals surface area contributed by atoms with E-state index in [4.69, 9.17) is 19.3 Å². The van der Waals surface area contributed by atoms with Gasteiger partial charge in [0.15, 0.2) is 0 Å². The summed E-state index contributed by atoms with van der Waals surface area (Å²) in [5, 5.41) is 11.6. The fourth-order valence-electron chi connectivity index (χ4n) is 1.62. The summed E-state index contributed by atoms with van der Waals surface area (Å²) < 4.78 is 15.7. The highest BCUT2D eigenvalue weighted by atomic mass is 16.6. The molecule has 1 aliphatic heterocycles. The number of nitrogens with one attached hydrogen (secondary N) is 1. The Balaban J connectivity index is 1.79. The first-order valence-corrected chi connectivity index (χ1v) is 5.98. The number of rotatable bonds is 9. The van der Waals surface area contributed by atoms with Crippen LogP contribution in [0.1, 0.15) is 12.8 Å². The first-order chi connectivity index (χ1) is 8.29. The highest BCUT2D eigenvalue weighted by Gasteiger charge is 2.12. The van der Waals surface area contributed by atoms with E-state index in [0.29, 0.717) is 32.5 Å². The van der Waals surface area contributed by atoms with Crippen molar-refractivity contribution < 1.29 is 24.1 Å². The molecule has 0 aromatic rings. The largest absolute Gasteiger partial charge is 0.480 e. The van der Waals surface area contributed by atoms with Gasteiger partial charge in [0.25, 0.3) is 0 Å². The lowest BCUT2D eigenvalue weighted by Crippen LogP contribution is -2.33. The molecule has 1 saturated heterocycles. The lowest BCUT2D eigenvalue weighted by atomic mass is 10.1. The zero-order chi connectivity index (χ0) is 12.3. The van der Waals surface area contributed by atoms with Gasteiger partial charge in [-0.1, -0.05) is 0 Å². The van der Waals surface area contributed by atoms with E-state index in [2.05, 4.69) is 5.32 Å². The smallest absolute Gasteiger partial charge is 0.329 e. The minimum atomic E-state index is -0.959. The van der Waals surface area contributed by atoms with Crippen molar-refractivity contribution in [3.63, 3.8) is 0 Å². The lowest BCUT2D eigenvalue weighted by molar-refractivity contribution is -0.142. The van der Waals surface area contributed by atoms with Crippen LogP contribution in [0.15, 0.2) is 0 Å². The van der Waals surface area contributed by atoms with Crippen molar-refractivity contribution in [2.45, 2.75) is 18.9 Å². The van der Waals surface area contributed by atoms with Crippen molar-refractivity contribution >= 4 is 5.97 Å². The van der Waals surface area contributed by atoms with Gasteiger partial charge in [-0.2, -0.15) is 0 Å². The van der Waals surface area contributed by atoms with Gasteiger partial charge in [-0.05, 0) is 25.9 Å². The third-order valence-electron chi connectivity index (χ3n) is 2.46. The van der Waals surface area contributed by atoms with E-state index >= 15 is 0 Å². The molecule has 1 heterocycles. The number of piperidine rings is 1. The molecule has 0 saturated carbocycles. The number of hydrogen-bond donors (Lipinski definition) is 2. The van der Waals surface area contributed by atoms with Crippen LogP contribution in [0.4, 0.5) is 0 Å². The van der Waals surface area contributed by atoms with Gasteiger partial charge in [0.1, 0.15) is 6.61 Å². The van der Waals surface area contributed by atoms with E-state index in [1.165, 1.54) is 0 Å². The lowest BCUT2D eigenvalue weighted by Gasteiger charge is -2.22. The molecule has 0 aromatic heterocycles. The van der Waals surface area contributed by atoms with Crippen LogP contribution in [-0.4, -0.2) is 63.3 Å². The Labute approximate surface area is 101 Å². The third kappa shape index (κ3) is 8.09. The van der Waals surface area contributed by atoms with Gasteiger partial charge >= 0.3 is 5.97 Å². The summed E-state index contributed by atoms with van der Waals surface area (Å²) in [6, 6.07) is 0. The minimum absolute atomic E-state index is 0.269. The first-order valence-electron chi connectivity index (χ1n) is 5.98. The average molecular weight is 247 g/mol. The van der Waals surface area contributed by atoms with Crippen LogP contribution in [0.2, 0.25) is 0 Å². The quantitative estimate of drug-likeness (QED) is 0.553. The van der Waals surface area contributed by atoms with Gasteiger partial charge in [0, 0.05) is 0 Å². The first kappa shape index (κ1) is 14.4. The second-order valence-corrected chi connectivity index (χ2v) is 3.88. The zero-order valence-electron chi connectivity index (χ0n) is 10.0. The van der Waals surface area contributed by atoms with Gasteiger partial charge in [-0.3, -0.25) is 0 Å². The number of carboxylic acids is 1. The van der Waals surface area contributed by atoms with Crippen molar-refractivity contribution in [2.75, 3.05) is 46.1 Å². The number of aliphatic carboxylic acids is 1. The summed E-state index contributed by atoms with van der Waals surface area (Å²) in [4.78, 5) is 10.1. The molecule has 6 heteroatoms. The topological polar surface area (TPSA) is 77.0 Å². The van der Waals surface area contributed by atoms with Crippen LogP contribution >= 0.6 is 0 Å². The van der Waals surface area contributed by atoms with E-state index in [0.717, 1.165) is 25.9 Å². The molecule has 0 aliphatic carbocycles. The van der Waals surface area contributed by atoms with Crippen molar-refractivity contribution in [3.8, 4) is 0 Å². The third-order valence-corrected chi connectivity index (χ3v) is 2.46. The molecule has 1 aliphatic rings. The van der Waals surface area contributed by atoms with E-state index in [-0.39, 0.29) is 6.61 Å². The zero-order valence-corrected chi connectivity index (χ0v) is 10.0. The summed E-state index contributed by atoms with van der Waals surface area (Å²) in [5.74, 6) is -0.959. The molecule has 0 atom stereocenters. The van der Waals surface area contributed by atoms with Gasteiger partial charge < -0.3 is 24.6 Å². The Bertz CT molecular complexity index is 206. The number of ether oxygens (including phenoxy) is 3. The molecule has 17 heavy (non-hydrogen) atoms. The summed E-state index contributed by atoms with van der Waals surface area (Å²) >= 11 is 0. The van der Waals surface area contributed by atoms with E-state index in [1.807, 2.05) is 0 Å². The fourth-order valence-corrected chi connectivity index (χ4v) is 1.62. The fraction of sp³-hybridized carbons (Fsp3) is 0.909. The van der Waals surface area contributed by atoms with E-state index < -0.39 is 5.97 Å². The number of hydrogen-bond acceptors (Lipinski definition) is 5. The average Bonchev–Trinajstić information content (AvgIpc) is 2.33. The normalized spacial score (nSPS) is 17.2. The van der Waals surface area contributed by atoms with Crippen LogP contribution in [0.5, 0.6) is 0 Å². The van der Waals surface area contributed by atoms with Gasteiger partial charge in [-0.15, -0.1) is 0 Å². The molecule has 0 aromatic carbocycles. The van der Waals surface area contributed by atoms with Crippen LogP contribution < -0.4 is 5.32 Å². The Morgan fingerprint density at radius 2 is 1.76 bits per heavy atom. The van der Waals surface area contributed by atoms with Crippen LogP contribution in [-0.2, 0) is 19.0 Å². The standard InChI is InChI=1S/C11H21NO5/c13-11(14)9-16-6-5-15-7-8-17-10-1-3-12-4-2-10/h10,12H,1-9H2,(H,13,14). The molecule has 2 N–H and O–H groups in total. The van der Waals surface area contributed by atoms with Crippen molar-refractivity contribution in [2.24, 2.45) is 0 Å². The molecule has 100 valence electrons. The molecule has 0 unspecified atom stereocenters. The van der Waals surface area contributed by atoms with Crippen LogP contribution in [0.3, 0.4) is 0 Å². The molecule has 1 fully saturated rings. The maximum absolute atomic E-state index is 10.1. The van der Waals surface area contributed by atoms with Crippen molar-refractivity contribution in [1.82, 2.24) is 5.32 Å². The van der Waals surface area contributed by atoms with Crippen molar-refractivity contribution in [1.29, 1.82) is 0 Å². The summed E-state index contributed by atoms with van der Waals surface area (Å²) in [7, 11) is 0. The summed E-state index contributed by atoms with van der Waals surface area (Å²) in [6.07, 6.45) is 2.46. The molecule has 0 bridgehead atoms. The minimum Gasteiger partial charge on any atom is -0.480 e. The number of carboxylic acid groups (broad SMARTS) is 1. The van der Waals surface area contributed by atoms with Crippen molar-refractivity contribution in [3.05, 3.63) is 0 Å². The molecule has 0 amide bonds. The second kappa shape index (κ2) is 9.35. The number of carbonyl (C=O) groups is 1. The highest BCUT2D eigenvalue weighted by molar-refractivity contribution is 5.67. The van der Waals surface area contributed by atoms with Gasteiger partial charge in [0.2, 0.25) is 0 Å². The molecular weight excluding hydrogens is 226 g/mol. The van der Waals surface area contributed by atoms with Gasteiger partial charge in [0.05, 0.1) is 32.5 Å². The van der Waals surface area contributed by atoms with E-state index in [9.17, 15) is 4.79 Å². The van der Waals surface area contributed by atoms with E-state index in [1.54, 1.807) is 0 Å². The SMILES string of the molecule is O=C(O)COCCOCCOC1CCNCC1. The van der Waals surface area contributed by atoms with Crippen LogP contribution in [0.25, 0.3) is 0 Å². The molecular formula is C11H21NO5. The Hall–Kier alpha value is -0.690. The molecule has 0 radical (unpaired) electrons. The van der Waals surface area contributed by atoms with Gasteiger partial charge in [-0.25, -0.2) is 4.79 Å². The summed E-state index contributed by atoms with van der Waals surface area (Å²) in [5.41, 5.74) is 0. The Morgan fingerprint density at radius 1 is 1.12 bits per heavy atom. The predicted octanol–water partition coefficient (Wildman–Crippen LogP) is -0.127. The highest BCUT2D eigenvalue weighted by Crippen LogP contribution is 2.06. The second-order valence-electron chi connectivity index (χ2n) is 3.88. The molecule has 1 rings (SSSR count). The monoisotopic (exact) mass is 247 g/mol.